The van der Waals surface area contributed by atoms with Crippen molar-refractivity contribution in [3.63, 3.8) is 0 Å². The van der Waals surface area contributed by atoms with Gasteiger partial charge in [-0.15, -0.1) is 0 Å². The van der Waals surface area contributed by atoms with E-state index < -0.39 is 5.91 Å². The zero-order valence-electron chi connectivity index (χ0n) is 12.4. The first-order valence-electron chi connectivity index (χ1n) is 7.07. The molecule has 1 atom stereocenters. The van der Waals surface area contributed by atoms with Gasteiger partial charge in [-0.25, -0.2) is 0 Å². The van der Waals surface area contributed by atoms with Crippen molar-refractivity contribution in [3.8, 4) is 0 Å². The summed E-state index contributed by atoms with van der Waals surface area (Å²) in [7, 11) is 0. The number of nitrogens with one attached hydrogen (secondary N) is 1. The van der Waals surface area contributed by atoms with E-state index in [0.717, 1.165) is 12.1 Å². The Morgan fingerprint density at radius 2 is 1.86 bits per heavy atom. The molecule has 4 nitrogen and oxygen atoms in total. The Labute approximate surface area is 125 Å². The van der Waals surface area contributed by atoms with Gasteiger partial charge in [-0.05, 0) is 48.2 Å². The molecule has 0 fully saturated rings. The highest BCUT2D eigenvalue weighted by atomic mass is 16.1. The monoisotopic (exact) mass is 283 g/mol. The second-order valence-electron chi connectivity index (χ2n) is 5.23. The first-order valence-corrected chi connectivity index (χ1v) is 7.07. The average Bonchev–Trinajstić information content (AvgIpc) is 2.49. The molecule has 2 aromatic rings. The molecule has 2 rings (SSSR count). The van der Waals surface area contributed by atoms with E-state index in [2.05, 4.69) is 31.3 Å². The van der Waals surface area contributed by atoms with E-state index in [-0.39, 0.29) is 0 Å². The van der Waals surface area contributed by atoms with Crippen LogP contribution in [-0.4, -0.2) is 5.91 Å². The van der Waals surface area contributed by atoms with Crippen molar-refractivity contribution in [1.82, 2.24) is 0 Å². The average molecular weight is 283 g/mol. The maximum absolute atomic E-state index is 11.5. The zero-order chi connectivity index (χ0) is 15.4. The predicted octanol–water partition coefficient (Wildman–Crippen LogP) is 3.62. The molecule has 0 heterocycles. The Bertz CT molecular complexity index is 635. The van der Waals surface area contributed by atoms with Gasteiger partial charge < -0.3 is 16.8 Å². The number of nitrogens with two attached hydrogens (primary N) is 2. The van der Waals surface area contributed by atoms with Gasteiger partial charge in [0.2, 0.25) is 0 Å². The second kappa shape index (κ2) is 6.31. The molecule has 0 aliphatic rings. The number of anilines is 3. The predicted molar refractivity (Wildman–Crippen MR) is 87.8 cm³/mol. The van der Waals surface area contributed by atoms with Gasteiger partial charge >= 0.3 is 0 Å². The molecular formula is C17H21N3O. The molecule has 0 bridgehead atoms. The van der Waals surface area contributed by atoms with Gasteiger partial charge in [0.15, 0.2) is 0 Å². The van der Waals surface area contributed by atoms with E-state index in [0.29, 0.717) is 22.9 Å². The van der Waals surface area contributed by atoms with Crippen LogP contribution in [-0.2, 0) is 0 Å². The largest absolute Gasteiger partial charge is 0.399 e. The highest BCUT2D eigenvalue weighted by Crippen LogP contribution is 2.25. The number of benzene rings is 2. The van der Waals surface area contributed by atoms with Gasteiger partial charge in [0, 0.05) is 11.4 Å². The number of carbonyl (C=O) groups is 1. The van der Waals surface area contributed by atoms with Crippen LogP contribution in [0.2, 0.25) is 0 Å². The minimum Gasteiger partial charge on any atom is -0.399 e. The SMILES string of the molecule is CCC(C)c1ccc(Nc2ccc(N)cc2C(N)=O)cc1. The number of amides is 1. The van der Waals surface area contributed by atoms with Crippen molar-refractivity contribution < 1.29 is 4.79 Å². The maximum Gasteiger partial charge on any atom is 0.250 e. The molecular weight excluding hydrogens is 262 g/mol. The highest BCUT2D eigenvalue weighted by Gasteiger charge is 2.09. The highest BCUT2D eigenvalue weighted by molar-refractivity contribution is 6.00. The third kappa shape index (κ3) is 3.54. The lowest BCUT2D eigenvalue weighted by Gasteiger charge is -2.13. The van der Waals surface area contributed by atoms with Gasteiger partial charge in [-0.2, -0.15) is 0 Å². The van der Waals surface area contributed by atoms with Crippen LogP contribution in [0.25, 0.3) is 0 Å². The van der Waals surface area contributed by atoms with Crippen LogP contribution in [0.3, 0.4) is 0 Å². The second-order valence-corrected chi connectivity index (χ2v) is 5.23. The summed E-state index contributed by atoms with van der Waals surface area (Å²) >= 11 is 0. The minimum atomic E-state index is -0.499. The molecule has 0 saturated carbocycles. The fraction of sp³-hybridized carbons (Fsp3) is 0.235. The molecule has 0 radical (unpaired) electrons. The summed E-state index contributed by atoms with van der Waals surface area (Å²) in [5, 5.41) is 3.21. The molecule has 110 valence electrons. The van der Waals surface area contributed by atoms with Crippen molar-refractivity contribution in [2.45, 2.75) is 26.2 Å². The van der Waals surface area contributed by atoms with Gasteiger partial charge in [0.05, 0.1) is 11.3 Å². The Balaban J connectivity index is 2.24. The van der Waals surface area contributed by atoms with E-state index in [9.17, 15) is 4.79 Å². The van der Waals surface area contributed by atoms with Gasteiger partial charge in [0.1, 0.15) is 0 Å². The van der Waals surface area contributed by atoms with Gasteiger partial charge in [-0.1, -0.05) is 26.0 Å². The number of rotatable bonds is 5. The number of nitrogen functional groups attached to an aromatic ring is 1. The van der Waals surface area contributed by atoms with E-state index in [1.54, 1.807) is 18.2 Å². The first kappa shape index (κ1) is 14.9. The smallest absolute Gasteiger partial charge is 0.250 e. The van der Waals surface area contributed by atoms with Gasteiger partial charge in [0.25, 0.3) is 5.91 Å². The molecule has 5 N–H and O–H groups in total. The van der Waals surface area contributed by atoms with E-state index in [4.69, 9.17) is 11.5 Å². The molecule has 0 aliphatic carbocycles. The van der Waals surface area contributed by atoms with Gasteiger partial charge in [-0.3, -0.25) is 4.79 Å². The number of primary amides is 1. The summed E-state index contributed by atoms with van der Waals surface area (Å²) in [6.07, 6.45) is 1.11. The number of carbonyl (C=O) groups excluding carboxylic acids is 1. The van der Waals surface area contributed by atoms with Crippen LogP contribution >= 0.6 is 0 Å². The summed E-state index contributed by atoms with van der Waals surface area (Å²) in [6.45, 7) is 4.37. The summed E-state index contributed by atoms with van der Waals surface area (Å²) in [4.78, 5) is 11.5. The molecule has 1 amide bonds. The van der Waals surface area contributed by atoms with Crippen molar-refractivity contribution in [1.29, 1.82) is 0 Å². The van der Waals surface area contributed by atoms with Crippen LogP contribution in [0.15, 0.2) is 42.5 Å². The van der Waals surface area contributed by atoms with Crippen LogP contribution < -0.4 is 16.8 Å². The molecule has 0 aliphatic heterocycles. The lowest BCUT2D eigenvalue weighted by Crippen LogP contribution is -2.13. The third-order valence-electron chi connectivity index (χ3n) is 3.68. The zero-order valence-corrected chi connectivity index (χ0v) is 12.4. The Morgan fingerprint density at radius 1 is 1.19 bits per heavy atom. The quantitative estimate of drug-likeness (QED) is 0.733. The molecule has 1 unspecified atom stereocenters. The standard InChI is InChI=1S/C17H21N3O/c1-3-11(2)12-4-7-14(8-5-12)20-16-9-6-13(18)10-15(16)17(19)21/h4-11,20H,3,18H2,1-2H3,(H2,19,21). The van der Waals surface area contributed by atoms with Crippen molar-refractivity contribution in [2.75, 3.05) is 11.1 Å². The van der Waals surface area contributed by atoms with E-state index in [1.165, 1.54) is 5.56 Å². The summed E-state index contributed by atoms with van der Waals surface area (Å²) < 4.78 is 0. The summed E-state index contributed by atoms with van der Waals surface area (Å²) in [5.74, 6) is 0.0396. The number of hydrogen-bond acceptors (Lipinski definition) is 3. The topological polar surface area (TPSA) is 81.1 Å². The molecule has 0 spiro atoms. The summed E-state index contributed by atoms with van der Waals surface area (Å²) in [6, 6.07) is 13.3. The first-order chi connectivity index (χ1) is 10.0. The fourth-order valence-electron chi connectivity index (χ4n) is 2.16. The maximum atomic E-state index is 11.5. The summed E-state index contributed by atoms with van der Waals surface area (Å²) in [5.41, 5.74) is 14.9. The van der Waals surface area contributed by atoms with Crippen LogP contribution in [0.1, 0.15) is 42.1 Å². The molecule has 2 aromatic carbocycles. The van der Waals surface area contributed by atoms with Crippen molar-refractivity contribution in [2.24, 2.45) is 5.73 Å². The lowest BCUT2D eigenvalue weighted by molar-refractivity contribution is 0.100. The van der Waals surface area contributed by atoms with Crippen molar-refractivity contribution in [3.05, 3.63) is 53.6 Å². The molecule has 4 heteroatoms. The Kier molecular flexibility index (Phi) is 4.48. The van der Waals surface area contributed by atoms with Crippen LogP contribution in [0.5, 0.6) is 0 Å². The third-order valence-corrected chi connectivity index (χ3v) is 3.68. The number of hydrogen-bond donors (Lipinski definition) is 3. The molecule has 0 saturated heterocycles. The van der Waals surface area contributed by atoms with Crippen LogP contribution in [0.4, 0.5) is 17.1 Å². The van der Waals surface area contributed by atoms with E-state index >= 15 is 0 Å². The van der Waals surface area contributed by atoms with E-state index in [1.807, 2.05) is 12.1 Å². The molecule has 21 heavy (non-hydrogen) atoms. The molecule has 0 aromatic heterocycles. The minimum absolute atomic E-state index is 0.390. The van der Waals surface area contributed by atoms with Crippen molar-refractivity contribution >= 4 is 23.0 Å². The van der Waals surface area contributed by atoms with Crippen LogP contribution in [0, 0.1) is 0 Å². The normalized spacial score (nSPS) is 11.9. The Hall–Kier alpha value is -2.49. The fourth-order valence-corrected chi connectivity index (χ4v) is 2.16. The Morgan fingerprint density at radius 3 is 2.43 bits per heavy atom. The lowest BCUT2D eigenvalue weighted by atomic mass is 9.98.